The summed E-state index contributed by atoms with van der Waals surface area (Å²) < 4.78 is 0. The van der Waals surface area contributed by atoms with E-state index >= 15 is 0 Å². The lowest BCUT2D eigenvalue weighted by atomic mass is 9.90. The molecular formula is C14H15NO2. The summed E-state index contributed by atoms with van der Waals surface area (Å²) >= 11 is 0. The third kappa shape index (κ3) is 2.24. The number of nitrogens with two attached hydrogens (primary N) is 1. The van der Waals surface area contributed by atoms with Crippen molar-refractivity contribution in [3.8, 4) is 11.5 Å². The molecule has 88 valence electrons. The standard InChI is InChI=1S/C14H15NO2/c15-9-12(10-5-1-3-7-13(10)16)11-6-2-4-8-14(11)17/h1-8,12,16-17H,9,15H2. The van der Waals surface area contributed by atoms with E-state index in [1.807, 2.05) is 24.3 Å². The predicted molar refractivity (Wildman–Crippen MR) is 67.1 cm³/mol. The zero-order valence-electron chi connectivity index (χ0n) is 9.38. The van der Waals surface area contributed by atoms with Gasteiger partial charge in [0.25, 0.3) is 0 Å². The first-order valence-corrected chi connectivity index (χ1v) is 5.50. The van der Waals surface area contributed by atoms with E-state index in [0.29, 0.717) is 6.54 Å². The van der Waals surface area contributed by atoms with Crippen LogP contribution in [0.25, 0.3) is 0 Å². The highest BCUT2D eigenvalue weighted by Gasteiger charge is 2.18. The molecule has 0 saturated carbocycles. The van der Waals surface area contributed by atoms with Crippen molar-refractivity contribution in [2.75, 3.05) is 6.54 Å². The molecule has 0 aromatic heterocycles. The van der Waals surface area contributed by atoms with E-state index in [1.54, 1.807) is 24.3 Å². The quantitative estimate of drug-likeness (QED) is 0.755. The lowest BCUT2D eigenvalue weighted by Gasteiger charge is -2.18. The third-order valence-electron chi connectivity index (χ3n) is 2.86. The number of phenols is 2. The van der Waals surface area contributed by atoms with Crippen LogP contribution in [0.15, 0.2) is 48.5 Å². The van der Waals surface area contributed by atoms with Crippen LogP contribution in [-0.4, -0.2) is 16.8 Å². The molecule has 0 saturated heterocycles. The number of hydrogen-bond acceptors (Lipinski definition) is 3. The maximum atomic E-state index is 9.83. The van der Waals surface area contributed by atoms with Gasteiger partial charge in [-0.15, -0.1) is 0 Å². The van der Waals surface area contributed by atoms with Gasteiger partial charge in [0.05, 0.1) is 0 Å². The Morgan fingerprint density at radius 1 is 0.824 bits per heavy atom. The van der Waals surface area contributed by atoms with Gasteiger partial charge >= 0.3 is 0 Å². The molecule has 3 nitrogen and oxygen atoms in total. The second kappa shape index (κ2) is 4.89. The summed E-state index contributed by atoms with van der Waals surface area (Å²) in [6.07, 6.45) is 0. The first-order chi connectivity index (χ1) is 8.24. The number of rotatable bonds is 3. The van der Waals surface area contributed by atoms with Crippen LogP contribution < -0.4 is 5.73 Å². The summed E-state index contributed by atoms with van der Waals surface area (Å²) in [6.45, 7) is 0.329. The Hall–Kier alpha value is -2.00. The lowest BCUT2D eigenvalue weighted by Crippen LogP contribution is -2.14. The van der Waals surface area contributed by atoms with Gasteiger partial charge in [-0.2, -0.15) is 0 Å². The Morgan fingerprint density at radius 3 is 1.59 bits per heavy atom. The number of aromatic hydroxyl groups is 2. The van der Waals surface area contributed by atoms with Crippen molar-refractivity contribution in [3.05, 3.63) is 59.7 Å². The molecule has 0 aliphatic carbocycles. The van der Waals surface area contributed by atoms with Crippen molar-refractivity contribution in [2.24, 2.45) is 5.73 Å². The minimum absolute atomic E-state index is 0.197. The molecule has 0 aliphatic rings. The molecule has 3 heteroatoms. The van der Waals surface area contributed by atoms with Crippen molar-refractivity contribution in [2.45, 2.75) is 5.92 Å². The van der Waals surface area contributed by atoms with Crippen LogP contribution in [0.4, 0.5) is 0 Å². The Kier molecular flexibility index (Phi) is 3.30. The van der Waals surface area contributed by atoms with E-state index < -0.39 is 0 Å². The maximum Gasteiger partial charge on any atom is 0.119 e. The van der Waals surface area contributed by atoms with E-state index in [9.17, 15) is 10.2 Å². The fourth-order valence-corrected chi connectivity index (χ4v) is 1.99. The summed E-state index contributed by atoms with van der Waals surface area (Å²) in [6, 6.07) is 14.1. The van der Waals surface area contributed by atoms with Crippen molar-refractivity contribution in [1.29, 1.82) is 0 Å². The summed E-state index contributed by atoms with van der Waals surface area (Å²) in [5, 5.41) is 19.7. The highest BCUT2D eigenvalue weighted by Crippen LogP contribution is 2.34. The highest BCUT2D eigenvalue weighted by molar-refractivity contribution is 5.46. The summed E-state index contributed by atoms with van der Waals surface area (Å²) in [5.41, 5.74) is 7.22. The van der Waals surface area contributed by atoms with Gasteiger partial charge in [0.1, 0.15) is 11.5 Å². The van der Waals surface area contributed by atoms with Gasteiger partial charge in [0.2, 0.25) is 0 Å². The summed E-state index contributed by atoms with van der Waals surface area (Å²) in [4.78, 5) is 0. The monoisotopic (exact) mass is 229 g/mol. The van der Waals surface area contributed by atoms with E-state index in [0.717, 1.165) is 11.1 Å². The molecule has 0 amide bonds. The number of para-hydroxylation sites is 2. The molecule has 0 heterocycles. The topological polar surface area (TPSA) is 66.5 Å². The summed E-state index contributed by atoms with van der Waals surface area (Å²) in [7, 11) is 0. The van der Waals surface area contributed by atoms with Crippen molar-refractivity contribution in [1.82, 2.24) is 0 Å². The normalized spacial score (nSPS) is 10.7. The Morgan fingerprint density at radius 2 is 1.24 bits per heavy atom. The molecule has 0 bridgehead atoms. The average molecular weight is 229 g/mol. The van der Waals surface area contributed by atoms with Crippen LogP contribution >= 0.6 is 0 Å². The van der Waals surface area contributed by atoms with E-state index in [2.05, 4.69) is 0 Å². The predicted octanol–water partition coefficient (Wildman–Crippen LogP) is 2.19. The van der Waals surface area contributed by atoms with Crippen LogP contribution in [0.3, 0.4) is 0 Å². The lowest BCUT2D eigenvalue weighted by molar-refractivity contribution is 0.454. The van der Waals surface area contributed by atoms with Crippen LogP contribution in [0.1, 0.15) is 17.0 Å². The molecule has 0 aliphatic heterocycles. The summed E-state index contributed by atoms with van der Waals surface area (Å²) in [5.74, 6) is 0.204. The third-order valence-corrected chi connectivity index (χ3v) is 2.86. The smallest absolute Gasteiger partial charge is 0.119 e. The van der Waals surface area contributed by atoms with Crippen molar-refractivity contribution >= 4 is 0 Å². The van der Waals surface area contributed by atoms with Crippen LogP contribution in [-0.2, 0) is 0 Å². The zero-order chi connectivity index (χ0) is 12.3. The first kappa shape index (κ1) is 11.5. The van der Waals surface area contributed by atoms with Gasteiger partial charge in [-0.1, -0.05) is 36.4 Å². The number of benzene rings is 2. The maximum absolute atomic E-state index is 9.83. The van der Waals surface area contributed by atoms with Gasteiger partial charge in [-0.3, -0.25) is 0 Å². The van der Waals surface area contributed by atoms with Gasteiger partial charge in [-0.05, 0) is 12.1 Å². The molecule has 2 rings (SSSR count). The minimum atomic E-state index is -0.197. The fourth-order valence-electron chi connectivity index (χ4n) is 1.99. The molecule has 0 atom stereocenters. The van der Waals surface area contributed by atoms with Crippen molar-refractivity contribution < 1.29 is 10.2 Å². The van der Waals surface area contributed by atoms with Crippen molar-refractivity contribution in [3.63, 3.8) is 0 Å². The molecule has 0 unspecified atom stereocenters. The zero-order valence-corrected chi connectivity index (χ0v) is 9.38. The molecule has 0 radical (unpaired) electrons. The Bertz CT molecular complexity index is 466. The molecule has 2 aromatic rings. The molecule has 17 heavy (non-hydrogen) atoms. The van der Waals surface area contributed by atoms with Gasteiger partial charge < -0.3 is 15.9 Å². The Labute approximate surface area is 100 Å². The Balaban J connectivity index is 2.48. The first-order valence-electron chi connectivity index (χ1n) is 5.50. The minimum Gasteiger partial charge on any atom is -0.508 e. The van der Waals surface area contributed by atoms with Crippen LogP contribution in [0.5, 0.6) is 11.5 Å². The molecule has 0 fully saturated rings. The van der Waals surface area contributed by atoms with Crippen LogP contribution in [0.2, 0.25) is 0 Å². The fraction of sp³-hybridized carbons (Fsp3) is 0.143. The van der Waals surface area contributed by atoms with E-state index in [1.165, 1.54) is 0 Å². The largest absolute Gasteiger partial charge is 0.508 e. The molecule has 2 aromatic carbocycles. The van der Waals surface area contributed by atoms with E-state index in [4.69, 9.17) is 5.73 Å². The van der Waals surface area contributed by atoms with E-state index in [-0.39, 0.29) is 17.4 Å². The second-order valence-electron chi connectivity index (χ2n) is 3.91. The highest BCUT2D eigenvalue weighted by atomic mass is 16.3. The van der Waals surface area contributed by atoms with Gasteiger partial charge in [-0.25, -0.2) is 0 Å². The van der Waals surface area contributed by atoms with Gasteiger partial charge in [0, 0.05) is 23.6 Å². The molecular weight excluding hydrogens is 214 g/mol. The molecule has 0 spiro atoms. The average Bonchev–Trinajstić information content (AvgIpc) is 2.34. The number of phenolic OH excluding ortho intramolecular Hbond substituents is 2. The van der Waals surface area contributed by atoms with Crippen LogP contribution in [0, 0.1) is 0 Å². The number of hydrogen-bond donors (Lipinski definition) is 3. The van der Waals surface area contributed by atoms with Gasteiger partial charge in [0.15, 0.2) is 0 Å². The molecule has 4 N–H and O–H groups in total. The SMILES string of the molecule is NCC(c1ccccc1O)c1ccccc1O. The second-order valence-corrected chi connectivity index (χ2v) is 3.91.